The summed E-state index contributed by atoms with van der Waals surface area (Å²) in [4.78, 5) is 4.68. The molecular formula is C14H18ClN3. The molecule has 0 spiro atoms. The minimum Gasteiger partial charge on any atom is -0.383 e. The van der Waals surface area contributed by atoms with Gasteiger partial charge in [0.15, 0.2) is 5.65 Å². The topological polar surface area (TPSA) is 43.3 Å². The number of nitrogen functional groups attached to an aromatic ring is 1. The molecule has 0 aliphatic heterocycles. The average Bonchev–Trinajstić information content (AvgIpc) is 2.57. The fourth-order valence-corrected chi connectivity index (χ4v) is 3.13. The first-order valence-corrected chi connectivity index (χ1v) is 7.07. The van der Waals surface area contributed by atoms with E-state index >= 15 is 0 Å². The maximum atomic E-state index is 6.23. The zero-order valence-corrected chi connectivity index (χ0v) is 11.2. The third-order valence-corrected chi connectivity index (χ3v) is 4.20. The van der Waals surface area contributed by atoms with Crippen molar-refractivity contribution in [3.05, 3.63) is 29.0 Å². The lowest BCUT2D eigenvalue weighted by Crippen LogP contribution is -2.02. The van der Waals surface area contributed by atoms with Crippen molar-refractivity contribution < 1.29 is 0 Å². The summed E-state index contributed by atoms with van der Waals surface area (Å²) in [6.45, 7) is 0. The number of aromatic nitrogens is 2. The van der Waals surface area contributed by atoms with Gasteiger partial charge in [-0.1, -0.05) is 37.3 Å². The highest BCUT2D eigenvalue weighted by molar-refractivity contribution is 6.33. The van der Waals surface area contributed by atoms with Crippen LogP contribution in [0, 0.1) is 0 Å². The standard InChI is InChI=1S/C14H18ClN3/c15-11-8-5-9-18-13(16)12(17-14(11)18)10-6-3-1-2-4-7-10/h5,8-10H,1-4,6-7,16H2. The first kappa shape index (κ1) is 11.8. The van der Waals surface area contributed by atoms with Gasteiger partial charge >= 0.3 is 0 Å². The predicted octanol–water partition coefficient (Wildman–Crippen LogP) is 4.01. The molecule has 2 aromatic heterocycles. The number of nitrogens with two attached hydrogens (primary N) is 1. The van der Waals surface area contributed by atoms with Gasteiger partial charge in [-0.25, -0.2) is 4.98 Å². The number of pyridine rings is 1. The van der Waals surface area contributed by atoms with Gasteiger partial charge in [0.25, 0.3) is 0 Å². The van der Waals surface area contributed by atoms with E-state index in [2.05, 4.69) is 4.98 Å². The molecule has 1 aliphatic rings. The van der Waals surface area contributed by atoms with Crippen LogP contribution in [0.5, 0.6) is 0 Å². The molecule has 18 heavy (non-hydrogen) atoms. The molecule has 1 saturated carbocycles. The van der Waals surface area contributed by atoms with E-state index in [1.807, 2.05) is 22.7 Å². The molecule has 4 heteroatoms. The molecule has 0 unspecified atom stereocenters. The fourth-order valence-electron chi connectivity index (χ4n) is 2.92. The summed E-state index contributed by atoms with van der Waals surface area (Å²) >= 11 is 6.17. The number of rotatable bonds is 1. The van der Waals surface area contributed by atoms with Gasteiger partial charge in [0.1, 0.15) is 5.82 Å². The monoisotopic (exact) mass is 263 g/mol. The number of hydrogen-bond donors (Lipinski definition) is 1. The molecule has 1 aliphatic carbocycles. The van der Waals surface area contributed by atoms with Crippen molar-refractivity contribution in [2.75, 3.05) is 5.73 Å². The average molecular weight is 264 g/mol. The molecule has 0 radical (unpaired) electrons. The molecule has 2 aromatic rings. The Bertz CT molecular complexity index is 553. The summed E-state index contributed by atoms with van der Waals surface area (Å²) in [7, 11) is 0. The van der Waals surface area contributed by atoms with Crippen LogP contribution < -0.4 is 5.73 Å². The van der Waals surface area contributed by atoms with Gasteiger partial charge in [-0.05, 0) is 25.0 Å². The van der Waals surface area contributed by atoms with Gasteiger partial charge in [0.05, 0.1) is 10.7 Å². The second kappa shape index (κ2) is 4.81. The zero-order valence-electron chi connectivity index (χ0n) is 10.4. The molecule has 0 saturated heterocycles. The molecule has 2 heterocycles. The Kier molecular flexibility index (Phi) is 3.16. The zero-order chi connectivity index (χ0) is 12.5. The van der Waals surface area contributed by atoms with Crippen LogP contribution in [0.1, 0.15) is 50.1 Å². The number of halogens is 1. The van der Waals surface area contributed by atoms with Crippen LogP contribution in [0.25, 0.3) is 5.65 Å². The fraction of sp³-hybridized carbons (Fsp3) is 0.500. The van der Waals surface area contributed by atoms with Crippen LogP contribution in [0.3, 0.4) is 0 Å². The van der Waals surface area contributed by atoms with Crippen molar-refractivity contribution in [2.24, 2.45) is 0 Å². The Balaban J connectivity index is 2.06. The number of nitrogens with zero attached hydrogens (tertiary/aromatic N) is 2. The van der Waals surface area contributed by atoms with E-state index < -0.39 is 0 Å². The van der Waals surface area contributed by atoms with Crippen molar-refractivity contribution in [2.45, 2.75) is 44.4 Å². The van der Waals surface area contributed by atoms with E-state index in [0.29, 0.717) is 10.9 Å². The van der Waals surface area contributed by atoms with Crippen LogP contribution in [-0.4, -0.2) is 9.38 Å². The third kappa shape index (κ3) is 1.97. The van der Waals surface area contributed by atoms with Gasteiger partial charge < -0.3 is 5.73 Å². The van der Waals surface area contributed by atoms with Crippen molar-refractivity contribution in [3.8, 4) is 0 Å². The van der Waals surface area contributed by atoms with E-state index in [4.69, 9.17) is 17.3 Å². The Morgan fingerprint density at radius 2 is 1.94 bits per heavy atom. The molecule has 1 fully saturated rings. The summed E-state index contributed by atoms with van der Waals surface area (Å²) in [6, 6.07) is 3.77. The van der Waals surface area contributed by atoms with Gasteiger partial charge in [0, 0.05) is 12.1 Å². The lowest BCUT2D eigenvalue weighted by Gasteiger charge is -2.11. The van der Waals surface area contributed by atoms with Crippen molar-refractivity contribution >= 4 is 23.1 Å². The molecule has 3 rings (SSSR count). The second-order valence-electron chi connectivity index (χ2n) is 5.12. The summed E-state index contributed by atoms with van der Waals surface area (Å²) in [5.74, 6) is 1.27. The number of hydrogen-bond acceptors (Lipinski definition) is 2. The van der Waals surface area contributed by atoms with Crippen LogP contribution in [0.2, 0.25) is 5.02 Å². The Hall–Kier alpha value is -1.22. The van der Waals surface area contributed by atoms with Gasteiger partial charge in [0.2, 0.25) is 0 Å². The first-order chi connectivity index (χ1) is 8.77. The quantitative estimate of drug-likeness (QED) is 0.790. The number of fused-ring (bicyclic) bond motifs is 1. The number of anilines is 1. The lowest BCUT2D eigenvalue weighted by molar-refractivity contribution is 0.582. The van der Waals surface area contributed by atoms with E-state index in [9.17, 15) is 0 Å². The predicted molar refractivity (Wildman–Crippen MR) is 75.1 cm³/mol. The van der Waals surface area contributed by atoms with Crippen molar-refractivity contribution in [1.29, 1.82) is 0 Å². The minimum atomic E-state index is 0.503. The highest BCUT2D eigenvalue weighted by Gasteiger charge is 2.21. The van der Waals surface area contributed by atoms with E-state index in [1.165, 1.54) is 38.5 Å². The van der Waals surface area contributed by atoms with E-state index in [1.54, 1.807) is 0 Å². The number of imidazole rings is 1. The third-order valence-electron chi connectivity index (χ3n) is 3.91. The molecule has 2 N–H and O–H groups in total. The Labute approximate surface area is 112 Å². The maximum absolute atomic E-state index is 6.23. The molecule has 0 bridgehead atoms. The molecule has 0 amide bonds. The van der Waals surface area contributed by atoms with Gasteiger partial charge in [-0.2, -0.15) is 0 Å². The van der Waals surface area contributed by atoms with Crippen LogP contribution in [0.4, 0.5) is 5.82 Å². The summed E-state index contributed by atoms with van der Waals surface area (Å²) < 4.78 is 1.91. The second-order valence-corrected chi connectivity index (χ2v) is 5.53. The van der Waals surface area contributed by atoms with Gasteiger partial charge in [-0.3, -0.25) is 4.40 Å². The molecule has 96 valence electrons. The largest absolute Gasteiger partial charge is 0.383 e. The van der Waals surface area contributed by atoms with E-state index in [0.717, 1.165) is 17.2 Å². The van der Waals surface area contributed by atoms with Crippen LogP contribution in [0.15, 0.2) is 18.3 Å². The summed E-state index contributed by atoms with van der Waals surface area (Å²) in [6.07, 6.45) is 9.58. The van der Waals surface area contributed by atoms with Crippen LogP contribution in [-0.2, 0) is 0 Å². The first-order valence-electron chi connectivity index (χ1n) is 6.69. The summed E-state index contributed by atoms with van der Waals surface area (Å²) in [5, 5.41) is 0.670. The smallest absolute Gasteiger partial charge is 0.157 e. The maximum Gasteiger partial charge on any atom is 0.157 e. The Morgan fingerprint density at radius 3 is 2.61 bits per heavy atom. The molecule has 0 atom stereocenters. The lowest BCUT2D eigenvalue weighted by atomic mass is 9.97. The van der Waals surface area contributed by atoms with Crippen molar-refractivity contribution in [3.63, 3.8) is 0 Å². The SMILES string of the molecule is Nc1c(C2CCCCCC2)nc2c(Cl)cccn12. The molecule has 0 aromatic carbocycles. The van der Waals surface area contributed by atoms with Crippen LogP contribution >= 0.6 is 11.6 Å². The van der Waals surface area contributed by atoms with E-state index in [-0.39, 0.29) is 0 Å². The minimum absolute atomic E-state index is 0.503. The highest BCUT2D eigenvalue weighted by atomic mass is 35.5. The summed E-state index contributed by atoms with van der Waals surface area (Å²) in [5.41, 5.74) is 8.07. The Morgan fingerprint density at radius 1 is 1.22 bits per heavy atom. The highest BCUT2D eigenvalue weighted by Crippen LogP contribution is 2.35. The van der Waals surface area contributed by atoms with Crippen molar-refractivity contribution in [1.82, 2.24) is 9.38 Å². The normalized spacial score (nSPS) is 18.1. The molecular weight excluding hydrogens is 246 g/mol. The molecule has 3 nitrogen and oxygen atoms in total. The van der Waals surface area contributed by atoms with Gasteiger partial charge in [-0.15, -0.1) is 0 Å².